The van der Waals surface area contributed by atoms with Crippen LogP contribution in [0.25, 0.3) is 17.1 Å². The lowest BCUT2D eigenvalue weighted by Gasteiger charge is -2.26. The van der Waals surface area contributed by atoms with Crippen LogP contribution in [-0.4, -0.2) is 27.2 Å². The Labute approximate surface area is 218 Å². The summed E-state index contributed by atoms with van der Waals surface area (Å²) in [6, 6.07) is 15.9. The smallest absolute Gasteiger partial charge is 0.438 e. The predicted octanol–water partition coefficient (Wildman–Crippen LogP) is 7.34. The standard InChI is InChI=1S/C26H20F6N4O3/c1-24(2,17-5-7-18(8-6-17)25(27,28)29)39-23(37)34-19-9-3-16(4-10-19)22-33-15-36(35-22)20-11-13-21(14-12-20)38-26(30,31)32/h3-15H,1-2H3,(H,34,37). The Kier molecular flexibility index (Phi) is 7.27. The van der Waals surface area contributed by atoms with E-state index in [-0.39, 0.29) is 5.75 Å². The Morgan fingerprint density at radius 2 is 1.41 bits per heavy atom. The summed E-state index contributed by atoms with van der Waals surface area (Å²) < 4.78 is 86.0. The van der Waals surface area contributed by atoms with Gasteiger partial charge < -0.3 is 9.47 Å². The van der Waals surface area contributed by atoms with Gasteiger partial charge in [0.25, 0.3) is 0 Å². The molecule has 4 rings (SSSR count). The molecule has 0 atom stereocenters. The highest BCUT2D eigenvalue weighted by Crippen LogP contribution is 2.32. The first kappa shape index (κ1) is 27.5. The number of carbonyl (C=O) groups is 1. The number of rotatable bonds is 6. The van der Waals surface area contributed by atoms with Crippen molar-refractivity contribution in [2.24, 2.45) is 0 Å². The van der Waals surface area contributed by atoms with Crippen LogP contribution >= 0.6 is 0 Å². The Morgan fingerprint density at radius 3 is 1.97 bits per heavy atom. The molecule has 0 bridgehead atoms. The number of hydrogen-bond acceptors (Lipinski definition) is 5. The summed E-state index contributed by atoms with van der Waals surface area (Å²) in [5, 5.41) is 6.86. The number of aromatic nitrogens is 3. The fourth-order valence-corrected chi connectivity index (χ4v) is 3.52. The minimum Gasteiger partial charge on any atom is -0.438 e. The first-order valence-electron chi connectivity index (χ1n) is 11.3. The Morgan fingerprint density at radius 1 is 0.821 bits per heavy atom. The van der Waals surface area contributed by atoms with Crippen LogP contribution in [0.5, 0.6) is 5.75 Å². The molecule has 1 heterocycles. The molecule has 0 aliphatic carbocycles. The topological polar surface area (TPSA) is 78.3 Å². The Balaban J connectivity index is 1.37. The number of halogens is 6. The largest absolute Gasteiger partial charge is 0.573 e. The molecule has 0 fully saturated rings. The number of alkyl halides is 6. The molecule has 13 heteroatoms. The molecule has 1 amide bonds. The summed E-state index contributed by atoms with van der Waals surface area (Å²) in [5.74, 6) is -0.0425. The average molecular weight is 550 g/mol. The van der Waals surface area contributed by atoms with E-state index < -0.39 is 29.8 Å². The molecule has 0 saturated heterocycles. The van der Waals surface area contributed by atoms with Gasteiger partial charge in [0.05, 0.1) is 11.3 Å². The van der Waals surface area contributed by atoms with Crippen LogP contribution < -0.4 is 10.1 Å². The van der Waals surface area contributed by atoms with Gasteiger partial charge in [-0.05, 0) is 80.1 Å². The van der Waals surface area contributed by atoms with Crippen LogP contribution in [0, 0.1) is 0 Å². The van der Waals surface area contributed by atoms with Gasteiger partial charge in [-0.2, -0.15) is 13.2 Å². The van der Waals surface area contributed by atoms with E-state index in [2.05, 4.69) is 20.1 Å². The van der Waals surface area contributed by atoms with Crippen molar-refractivity contribution < 1.29 is 40.6 Å². The van der Waals surface area contributed by atoms with Crippen molar-refractivity contribution in [3.05, 3.63) is 90.3 Å². The molecule has 3 aromatic carbocycles. The van der Waals surface area contributed by atoms with Crippen LogP contribution in [0.3, 0.4) is 0 Å². The van der Waals surface area contributed by atoms with Crippen LogP contribution in [0.1, 0.15) is 25.0 Å². The minimum atomic E-state index is -4.79. The van der Waals surface area contributed by atoms with Crippen LogP contribution in [0.2, 0.25) is 0 Å². The summed E-state index contributed by atoms with van der Waals surface area (Å²) in [5.41, 5.74) is -0.201. The monoisotopic (exact) mass is 550 g/mol. The Bertz CT molecular complexity index is 1430. The van der Waals surface area contributed by atoms with Gasteiger partial charge in [0.15, 0.2) is 5.82 Å². The second-order valence-electron chi connectivity index (χ2n) is 8.73. The molecule has 0 aliphatic heterocycles. The van der Waals surface area contributed by atoms with Gasteiger partial charge in [-0.25, -0.2) is 14.5 Å². The molecule has 1 N–H and O–H groups in total. The zero-order valence-corrected chi connectivity index (χ0v) is 20.3. The average Bonchev–Trinajstić information content (AvgIpc) is 3.33. The lowest BCUT2D eigenvalue weighted by atomic mass is 9.97. The summed E-state index contributed by atoms with van der Waals surface area (Å²) in [4.78, 5) is 16.6. The first-order valence-corrected chi connectivity index (χ1v) is 11.3. The van der Waals surface area contributed by atoms with Crippen molar-refractivity contribution in [3.8, 4) is 22.8 Å². The fourth-order valence-electron chi connectivity index (χ4n) is 3.52. The number of nitrogens with zero attached hydrogens (tertiary/aromatic N) is 3. The normalized spacial score (nSPS) is 12.2. The van der Waals surface area contributed by atoms with Gasteiger partial charge in [0.2, 0.25) is 0 Å². The molecular weight excluding hydrogens is 530 g/mol. The fraction of sp³-hybridized carbons (Fsp3) is 0.192. The van der Waals surface area contributed by atoms with Crippen molar-refractivity contribution in [1.82, 2.24) is 14.8 Å². The SMILES string of the molecule is CC(C)(OC(=O)Nc1ccc(-c2ncn(-c3ccc(OC(F)(F)F)cc3)n2)cc1)c1ccc(C(F)(F)F)cc1. The molecule has 0 unspecified atom stereocenters. The summed E-state index contributed by atoms with van der Waals surface area (Å²) in [6.07, 6.45) is -8.68. The van der Waals surface area contributed by atoms with Crippen molar-refractivity contribution in [2.75, 3.05) is 5.32 Å². The number of ether oxygens (including phenoxy) is 2. The van der Waals surface area contributed by atoms with E-state index in [1.54, 1.807) is 38.1 Å². The quantitative estimate of drug-likeness (QED) is 0.254. The van der Waals surface area contributed by atoms with E-state index in [1.807, 2.05) is 0 Å². The maximum absolute atomic E-state index is 12.8. The molecule has 1 aromatic heterocycles. The number of amides is 1. The zero-order valence-electron chi connectivity index (χ0n) is 20.3. The van der Waals surface area contributed by atoms with Gasteiger partial charge in [-0.3, -0.25) is 5.32 Å². The number of anilines is 1. The van der Waals surface area contributed by atoms with Crippen molar-refractivity contribution in [1.29, 1.82) is 0 Å². The molecule has 0 radical (unpaired) electrons. The predicted molar refractivity (Wildman–Crippen MR) is 128 cm³/mol. The van der Waals surface area contributed by atoms with E-state index in [0.717, 1.165) is 24.3 Å². The molecule has 0 spiro atoms. The highest BCUT2D eigenvalue weighted by Gasteiger charge is 2.32. The third-order valence-electron chi connectivity index (χ3n) is 5.47. The molecule has 4 aromatic rings. The highest BCUT2D eigenvalue weighted by molar-refractivity contribution is 5.85. The second-order valence-corrected chi connectivity index (χ2v) is 8.73. The van der Waals surface area contributed by atoms with Gasteiger partial charge >= 0.3 is 18.6 Å². The molecule has 0 aliphatic rings. The van der Waals surface area contributed by atoms with Crippen molar-refractivity contribution in [3.63, 3.8) is 0 Å². The molecule has 0 saturated carbocycles. The third kappa shape index (κ3) is 7.06. The van der Waals surface area contributed by atoms with E-state index in [0.29, 0.717) is 28.3 Å². The molecule has 39 heavy (non-hydrogen) atoms. The molecule has 7 nitrogen and oxygen atoms in total. The maximum atomic E-state index is 12.8. The van der Waals surface area contributed by atoms with E-state index in [1.165, 1.54) is 35.3 Å². The molecule has 204 valence electrons. The van der Waals surface area contributed by atoms with Gasteiger partial charge in [0.1, 0.15) is 17.7 Å². The number of benzene rings is 3. The number of nitrogens with one attached hydrogen (secondary N) is 1. The van der Waals surface area contributed by atoms with Crippen LogP contribution in [-0.2, 0) is 16.5 Å². The van der Waals surface area contributed by atoms with Crippen LogP contribution in [0.15, 0.2) is 79.1 Å². The summed E-state index contributed by atoms with van der Waals surface area (Å²) >= 11 is 0. The van der Waals surface area contributed by atoms with Crippen LogP contribution in [0.4, 0.5) is 36.8 Å². The number of carbonyl (C=O) groups excluding carboxylic acids is 1. The van der Waals surface area contributed by atoms with Gasteiger partial charge in [0, 0.05) is 11.3 Å². The summed E-state index contributed by atoms with van der Waals surface area (Å²) in [7, 11) is 0. The van der Waals surface area contributed by atoms with E-state index >= 15 is 0 Å². The Hall–Kier alpha value is -4.55. The van der Waals surface area contributed by atoms with E-state index in [4.69, 9.17) is 4.74 Å². The van der Waals surface area contributed by atoms with Crippen molar-refractivity contribution in [2.45, 2.75) is 32.0 Å². The third-order valence-corrected chi connectivity index (χ3v) is 5.47. The maximum Gasteiger partial charge on any atom is 0.573 e. The lowest BCUT2D eigenvalue weighted by Crippen LogP contribution is -2.28. The summed E-state index contributed by atoms with van der Waals surface area (Å²) in [6.45, 7) is 3.11. The zero-order chi connectivity index (χ0) is 28.4. The van der Waals surface area contributed by atoms with Gasteiger partial charge in [-0.1, -0.05) is 12.1 Å². The van der Waals surface area contributed by atoms with E-state index in [9.17, 15) is 31.1 Å². The molecular formula is C26H20F6N4O3. The lowest BCUT2D eigenvalue weighted by molar-refractivity contribution is -0.274. The van der Waals surface area contributed by atoms with Crippen molar-refractivity contribution >= 4 is 11.8 Å². The highest BCUT2D eigenvalue weighted by atomic mass is 19.4. The second kappa shape index (κ2) is 10.3. The van der Waals surface area contributed by atoms with Gasteiger partial charge in [-0.15, -0.1) is 18.3 Å². The first-order chi connectivity index (χ1) is 18.2. The number of hydrogen-bond donors (Lipinski definition) is 1. The minimum absolute atomic E-state index is 0.322.